The van der Waals surface area contributed by atoms with Crippen LogP contribution in [0.2, 0.25) is 0 Å². The van der Waals surface area contributed by atoms with Crippen molar-refractivity contribution in [3.05, 3.63) is 42.2 Å². The van der Waals surface area contributed by atoms with E-state index in [2.05, 4.69) is 20.1 Å². The summed E-state index contributed by atoms with van der Waals surface area (Å²) >= 11 is 0. The van der Waals surface area contributed by atoms with Crippen LogP contribution in [-0.2, 0) is 11.8 Å². The third-order valence-corrected chi connectivity index (χ3v) is 4.61. The highest BCUT2D eigenvalue weighted by atomic mass is 16.5. The number of aryl methyl sites for hydroxylation is 2. The van der Waals surface area contributed by atoms with Crippen molar-refractivity contribution >= 4 is 10.9 Å². The summed E-state index contributed by atoms with van der Waals surface area (Å²) < 4.78 is 9.16. The average Bonchev–Trinajstić information content (AvgIpc) is 3.40. The third-order valence-electron chi connectivity index (χ3n) is 4.61. The maximum Gasteiger partial charge on any atom is 0.251 e. The van der Waals surface area contributed by atoms with Crippen molar-refractivity contribution < 1.29 is 4.74 Å². The molecule has 5 heterocycles. The maximum absolute atomic E-state index is 5.78. The molecule has 9 heteroatoms. The maximum atomic E-state index is 5.78. The van der Waals surface area contributed by atoms with Gasteiger partial charge in [-0.3, -0.25) is 9.97 Å². The van der Waals surface area contributed by atoms with Crippen molar-refractivity contribution in [1.82, 2.24) is 39.5 Å². The summed E-state index contributed by atoms with van der Waals surface area (Å²) in [7, 11) is 1.83. The highest BCUT2D eigenvalue weighted by Gasteiger charge is 2.27. The molecule has 0 N–H and O–H groups in total. The molecule has 1 saturated heterocycles. The van der Waals surface area contributed by atoms with Gasteiger partial charge in [-0.1, -0.05) is 6.07 Å². The van der Waals surface area contributed by atoms with Crippen molar-refractivity contribution in [2.75, 3.05) is 6.61 Å². The van der Waals surface area contributed by atoms with E-state index >= 15 is 0 Å². The molecule has 1 aliphatic rings. The molecule has 4 aromatic heterocycles. The van der Waals surface area contributed by atoms with Gasteiger partial charge in [0.25, 0.3) is 5.95 Å². The van der Waals surface area contributed by atoms with E-state index in [0.717, 1.165) is 30.4 Å². The lowest BCUT2D eigenvalue weighted by Gasteiger charge is -2.06. The lowest BCUT2D eigenvalue weighted by atomic mass is 10.2. The van der Waals surface area contributed by atoms with Gasteiger partial charge in [-0.2, -0.15) is 14.8 Å². The minimum absolute atomic E-state index is 0.109. The van der Waals surface area contributed by atoms with Gasteiger partial charge in [-0.25, -0.2) is 9.67 Å². The summed E-state index contributed by atoms with van der Waals surface area (Å²) in [4.78, 5) is 18.4. The molecule has 0 aliphatic carbocycles. The fourth-order valence-electron chi connectivity index (χ4n) is 3.39. The number of hydrogen-bond donors (Lipinski definition) is 0. The zero-order valence-corrected chi connectivity index (χ0v) is 15.1. The molecule has 0 amide bonds. The molecule has 0 saturated carbocycles. The van der Waals surface area contributed by atoms with Crippen molar-refractivity contribution in [3.63, 3.8) is 0 Å². The summed E-state index contributed by atoms with van der Waals surface area (Å²) in [6, 6.07) is 5.84. The Kier molecular flexibility index (Phi) is 3.68. The standard InChI is InChI=1S/C18H18N8O/c1-11-21-18(25(2)23-11)26-17(22-16(24-26)13-6-4-10-27-13)15-14-12(7-9-20-15)5-3-8-19-14/h3,5,7-9,13H,4,6,10H2,1-2H3. The second-order valence-electron chi connectivity index (χ2n) is 6.52. The first kappa shape index (κ1) is 16.0. The van der Waals surface area contributed by atoms with Gasteiger partial charge < -0.3 is 4.74 Å². The first-order chi connectivity index (χ1) is 13.2. The van der Waals surface area contributed by atoms with Crippen molar-refractivity contribution in [1.29, 1.82) is 0 Å². The zero-order valence-electron chi connectivity index (χ0n) is 15.1. The van der Waals surface area contributed by atoms with E-state index in [9.17, 15) is 0 Å². The van der Waals surface area contributed by atoms with Gasteiger partial charge in [-0.05, 0) is 31.9 Å². The largest absolute Gasteiger partial charge is 0.370 e. The Morgan fingerprint density at radius 2 is 2.04 bits per heavy atom. The summed E-state index contributed by atoms with van der Waals surface area (Å²) in [5, 5.41) is 10.0. The SMILES string of the molecule is Cc1nc(-n2nc(C3CCCO3)nc2-c2nccc3cccnc23)n(C)n1. The van der Waals surface area contributed by atoms with E-state index in [0.29, 0.717) is 29.1 Å². The fourth-order valence-corrected chi connectivity index (χ4v) is 3.39. The van der Waals surface area contributed by atoms with E-state index in [-0.39, 0.29) is 6.10 Å². The van der Waals surface area contributed by atoms with Crippen molar-refractivity contribution in [2.24, 2.45) is 7.05 Å². The Morgan fingerprint density at radius 3 is 2.81 bits per heavy atom. The lowest BCUT2D eigenvalue weighted by Crippen LogP contribution is -2.09. The first-order valence-electron chi connectivity index (χ1n) is 8.87. The normalized spacial score (nSPS) is 17.0. The molecule has 27 heavy (non-hydrogen) atoms. The molecule has 1 unspecified atom stereocenters. The van der Waals surface area contributed by atoms with E-state index in [1.807, 2.05) is 32.2 Å². The number of aromatic nitrogens is 8. The van der Waals surface area contributed by atoms with Crippen LogP contribution in [0, 0.1) is 6.92 Å². The van der Waals surface area contributed by atoms with Crippen LogP contribution >= 0.6 is 0 Å². The Morgan fingerprint density at radius 1 is 1.11 bits per heavy atom. The zero-order chi connectivity index (χ0) is 18.4. The van der Waals surface area contributed by atoms with E-state index in [4.69, 9.17) is 14.8 Å². The molecule has 0 aromatic carbocycles. The minimum Gasteiger partial charge on any atom is -0.370 e. The molecule has 1 atom stereocenters. The van der Waals surface area contributed by atoms with Crippen molar-refractivity contribution in [3.8, 4) is 17.5 Å². The first-order valence-corrected chi connectivity index (χ1v) is 8.87. The smallest absolute Gasteiger partial charge is 0.251 e. The molecule has 136 valence electrons. The van der Waals surface area contributed by atoms with Gasteiger partial charge in [0, 0.05) is 31.4 Å². The van der Waals surface area contributed by atoms with Crippen LogP contribution in [0.3, 0.4) is 0 Å². The van der Waals surface area contributed by atoms with Crippen LogP contribution in [0.1, 0.15) is 30.6 Å². The highest BCUT2D eigenvalue weighted by Crippen LogP contribution is 2.30. The molecule has 1 aliphatic heterocycles. The topological polar surface area (TPSA) is 96.4 Å². The number of rotatable bonds is 3. The van der Waals surface area contributed by atoms with Gasteiger partial charge in [0.15, 0.2) is 11.6 Å². The van der Waals surface area contributed by atoms with Crippen LogP contribution in [0.5, 0.6) is 0 Å². The monoisotopic (exact) mass is 362 g/mol. The van der Waals surface area contributed by atoms with Gasteiger partial charge in [0.1, 0.15) is 17.6 Å². The number of hydrogen-bond acceptors (Lipinski definition) is 7. The Hall–Kier alpha value is -3.20. The molecule has 9 nitrogen and oxygen atoms in total. The predicted molar refractivity (Wildman–Crippen MR) is 97.1 cm³/mol. The average molecular weight is 362 g/mol. The molecule has 0 bridgehead atoms. The Balaban J connectivity index is 1.76. The molecule has 0 spiro atoms. The Bertz CT molecular complexity index is 1120. The highest BCUT2D eigenvalue weighted by molar-refractivity contribution is 5.89. The van der Waals surface area contributed by atoms with Crippen LogP contribution in [-0.4, -0.2) is 46.1 Å². The molecule has 5 rings (SSSR count). The van der Waals surface area contributed by atoms with E-state index in [1.54, 1.807) is 21.8 Å². The summed E-state index contributed by atoms with van der Waals surface area (Å²) in [5.74, 6) is 2.46. The van der Waals surface area contributed by atoms with Crippen LogP contribution in [0.15, 0.2) is 30.6 Å². The van der Waals surface area contributed by atoms with Crippen molar-refractivity contribution in [2.45, 2.75) is 25.9 Å². The molecular formula is C18H18N8O. The summed E-state index contributed by atoms with van der Waals surface area (Å²) in [6.45, 7) is 2.57. The molecule has 0 radical (unpaired) electrons. The van der Waals surface area contributed by atoms with Gasteiger partial charge in [0.2, 0.25) is 0 Å². The fraction of sp³-hybridized carbons (Fsp3) is 0.333. The summed E-state index contributed by atoms with van der Waals surface area (Å²) in [6.07, 6.45) is 5.31. The quantitative estimate of drug-likeness (QED) is 0.551. The number of nitrogens with zero attached hydrogens (tertiary/aromatic N) is 8. The lowest BCUT2D eigenvalue weighted by molar-refractivity contribution is 0.105. The van der Waals surface area contributed by atoms with E-state index < -0.39 is 0 Å². The molecule has 4 aromatic rings. The number of pyridine rings is 2. The van der Waals surface area contributed by atoms with Crippen LogP contribution in [0.4, 0.5) is 0 Å². The second kappa shape index (κ2) is 6.20. The summed E-state index contributed by atoms with van der Waals surface area (Å²) in [5.41, 5.74) is 1.43. The predicted octanol–water partition coefficient (Wildman–Crippen LogP) is 2.17. The number of fused-ring (bicyclic) bond motifs is 1. The van der Waals surface area contributed by atoms with Gasteiger partial charge >= 0.3 is 0 Å². The van der Waals surface area contributed by atoms with Crippen LogP contribution in [0.25, 0.3) is 28.4 Å². The minimum atomic E-state index is -0.109. The second-order valence-corrected chi connectivity index (χ2v) is 6.52. The van der Waals surface area contributed by atoms with Gasteiger partial charge in [-0.15, -0.1) is 5.10 Å². The van der Waals surface area contributed by atoms with E-state index in [1.165, 1.54) is 0 Å². The number of ether oxygens (including phenoxy) is 1. The van der Waals surface area contributed by atoms with Gasteiger partial charge in [0.05, 0.1) is 5.52 Å². The third kappa shape index (κ3) is 2.67. The Labute approximate surface area is 155 Å². The molecule has 1 fully saturated rings. The molecular weight excluding hydrogens is 344 g/mol. The van der Waals surface area contributed by atoms with Crippen LogP contribution < -0.4 is 0 Å².